The van der Waals surface area contributed by atoms with Crippen LogP contribution in [0.25, 0.3) is 0 Å². The lowest BCUT2D eigenvalue weighted by Crippen LogP contribution is -2.24. The number of aryl methyl sites for hydroxylation is 2. The second-order valence-electron chi connectivity index (χ2n) is 7.23. The van der Waals surface area contributed by atoms with Crippen molar-refractivity contribution in [2.75, 3.05) is 13.7 Å². The molecule has 9 heteroatoms. The Morgan fingerprint density at radius 2 is 1.71 bits per heavy atom. The Balaban J connectivity index is 1.58. The molecule has 0 unspecified atom stereocenters. The SMILES string of the molecule is COc1cc(C=NNC(=O)COc2cc(C)c(Cl)c(C)c2)ccc1OC(=O)c1ccccc1Cl. The largest absolute Gasteiger partial charge is 0.493 e. The number of hydrazone groups is 1. The maximum atomic E-state index is 12.4. The second kappa shape index (κ2) is 11.5. The summed E-state index contributed by atoms with van der Waals surface area (Å²) in [5, 5.41) is 4.88. The lowest BCUT2D eigenvalue weighted by Gasteiger charge is -2.10. The smallest absolute Gasteiger partial charge is 0.345 e. The summed E-state index contributed by atoms with van der Waals surface area (Å²) in [6.07, 6.45) is 1.43. The van der Waals surface area contributed by atoms with E-state index < -0.39 is 11.9 Å². The van der Waals surface area contributed by atoms with Crippen molar-refractivity contribution >= 4 is 41.3 Å². The first kappa shape index (κ1) is 25.1. The molecular weight excluding hydrogens is 479 g/mol. The van der Waals surface area contributed by atoms with Crippen LogP contribution in [0.1, 0.15) is 27.0 Å². The molecule has 0 aliphatic carbocycles. The lowest BCUT2D eigenvalue weighted by molar-refractivity contribution is -0.123. The zero-order valence-electron chi connectivity index (χ0n) is 18.7. The molecule has 0 fully saturated rings. The van der Waals surface area contributed by atoms with E-state index in [9.17, 15) is 9.59 Å². The third kappa shape index (κ3) is 6.50. The Kier molecular flexibility index (Phi) is 8.51. The highest BCUT2D eigenvalue weighted by Gasteiger charge is 2.15. The van der Waals surface area contributed by atoms with Gasteiger partial charge in [-0.25, -0.2) is 10.2 Å². The number of ether oxygens (including phenoxy) is 3. The van der Waals surface area contributed by atoms with Crippen LogP contribution in [0.3, 0.4) is 0 Å². The first-order valence-corrected chi connectivity index (χ1v) is 10.9. The molecule has 3 rings (SSSR count). The standard InChI is InChI=1S/C25H22Cl2N2O5/c1-15-10-18(11-16(2)24(15)27)33-14-23(30)29-28-13-17-8-9-21(22(12-17)32-3)34-25(31)19-6-4-5-7-20(19)26/h4-13H,14H2,1-3H3,(H,29,30). The summed E-state index contributed by atoms with van der Waals surface area (Å²) in [6, 6.07) is 14.9. The topological polar surface area (TPSA) is 86.2 Å². The van der Waals surface area contributed by atoms with Crippen LogP contribution in [-0.2, 0) is 4.79 Å². The van der Waals surface area contributed by atoms with Gasteiger partial charge in [0, 0.05) is 5.02 Å². The molecule has 0 saturated heterocycles. The van der Waals surface area contributed by atoms with E-state index in [1.54, 1.807) is 54.6 Å². The van der Waals surface area contributed by atoms with Gasteiger partial charge in [0.25, 0.3) is 5.91 Å². The van der Waals surface area contributed by atoms with Crippen molar-refractivity contribution in [3.63, 3.8) is 0 Å². The van der Waals surface area contributed by atoms with Crippen LogP contribution in [0.5, 0.6) is 17.2 Å². The molecule has 1 amide bonds. The number of rotatable bonds is 8. The van der Waals surface area contributed by atoms with Crippen molar-refractivity contribution in [1.29, 1.82) is 0 Å². The first-order valence-electron chi connectivity index (χ1n) is 10.1. The lowest BCUT2D eigenvalue weighted by atomic mass is 10.1. The van der Waals surface area contributed by atoms with Crippen molar-refractivity contribution in [2.24, 2.45) is 5.10 Å². The van der Waals surface area contributed by atoms with E-state index in [-0.39, 0.29) is 22.9 Å². The average Bonchev–Trinajstić information content (AvgIpc) is 2.82. The number of benzene rings is 3. The molecule has 0 atom stereocenters. The van der Waals surface area contributed by atoms with Crippen molar-refractivity contribution < 1.29 is 23.8 Å². The van der Waals surface area contributed by atoms with E-state index in [4.69, 9.17) is 37.4 Å². The van der Waals surface area contributed by atoms with Gasteiger partial charge in [0.2, 0.25) is 0 Å². The van der Waals surface area contributed by atoms with Crippen molar-refractivity contribution in [3.05, 3.63) is 86.9 Å². The number of halogens is 2. The predicted octanol–water partition coefficient (Wildman–Crippen LogP) is 5.37. The third-order valence-corrected chi connectivity index (χ3v) is 5.59. The van der Waals surface area contributed by atoms with Gasteiger partial charge < -0.3 is 14.2 Å². The molecule has 0 spiro atoms. The minimum atomic E-state index is -0.608. The summed E-state index contributed by atoms with van der Waals surface area (Å²) in [4.78, 5) is 24.4. The van der Waals surface area contributed by atoms with Gasteiger partial charge in [-0.3, -0.25) is 4.79 Å². The fraction of sp³-hybridized carbons (Fsp3) is 0.160. The van der Waals surface area contributed by atoms with Crippen LogP contribution in [-0.4, -0.2) is 31.8 Å². The van der Waals surface area contributed by atoms with E-state index in [1.807, 2.05) is 13.8 Å². The second-order valence-corrected chi connectivity index (χ2v) is 8.02. The molecule has 0 aromatic heterocycles. The Morgan fingerprint density at radius 1 is 1.00 bits per heavy atom. The van der Waals surface area contributed by atoms with Gasteiger partial charge in [-0.2, -0.15) is 5.10 Å². The van der Waals surface area contributed by atoms with Crippen LogP contribution in [0.15, 0.2) is 59.7 Å². The molecule has 0 saturated carbocycles. The van der Waals surface area contributed by atoms with Gasteiger partial charge >= 0.3 is 5.97 Å². The molecule has 0 aliphatic rings. The summed E-state index contributed by atoms with van der Waals surface area (Å²) >= 11 is 12.2. The van der Waals surface area contributed by atoms with Crippen molar-refractivity contribution in [2.45, 2.75) is 13.8 Å². The molecule has 1 N–H and O–H groups in total. The fourth-order valence-corrected chi connectivity index (χ4v) is 3.30. The first-order chi connectivity index (χ1) is 16.3. The van der Waals surface area contributed by atoms with Crippen LogP contribution < -0.4 is 19.6 Å². The van der Waals surface area contributed by atoms with Crippen LogP contribution >= 0.6 is 23.2 Å². The highest BCUT2D eigenvalue weighted by molar-refractivity contribution is 6.33. The summed E-state index contributed by atoms with van der Waals surface area (Å²) < 4.78 is 16.2. The minimum absolute atomic E-state index is 0.210. The Bertz CT molecular complexity index is 1220. The van der Waals surface area contributed by atoms with Gasteiger partial charge in [0.05, 0.1) is 23.9 Å². The number of methoxy groups -OCH3 is 1. The van der Waals surface area contributed by atoms with E-state index in [0.717, 1.165) is 11.1 Å². The molecular formula is C25H22Cl2N2O5. The predicted molar refractivity (Wildman–Crippen MR) is 132 cm³/mol. The third-order valence-electron chi connectivity index (χ3n) is 4.67. The Hall–Kier alpha value is -3.55. The minimum Gasteiger partial charge on any atom is -0.493 e. The summed E-state index contributed by atoms with van der Waals surface area (Å²) in [5.41, 5.74) is 4.98. The van der Waals surface area contributed by atoms with E-state index >= 15 is 0 Å². The van der Waals surface area contributed by atoms with E-state index in [1.165, 1.54) is 13.3 Å². The zero-order valence-corrected chi connectivity index (χ0v) is 20.2. The monoisotopic (exact) mass is 500 g/mol. The van der Waals surface area contributed by atoms with Crippen LogP contribution in [0, 0.1) is 13.8 Å². The van der Waals surface area contributed by atoms with Gasteiger partial charge in [-0.1, -0.05) is 35.3 Å². The number of hydrogen-bond donors (Lipinski definition) is 1. The molecule has 0 bridgehead atoms. The number of carbonyl (C=O) groups is 2. The molecule has 3 aromatic carbocycles. The van der Waals surface area contributed by atoms with Crippen LogP contribution in [0.2, 0.25) is 10.0 Å². The number of hydrogen-bond acceptors (Lipinski definition) is 6. The number of nitrogens with one attached hydrogen (secondary N) is 1. The van der Waals surface area contributed by atoms with Gasteiger partial charge in [0.15, 0.2) is 18.1 Å². The molecule has 176 valence electrons. The molecule has 0 heterocycles. The highest BCUT2D eigenvalue weighted by Crippen LogP contribution is 2.29. The number of nitrogens with zero attached hydrogens (tertiary/aromatic N) is 1. The maximum Gasteiger partial charge on any atom is 0.345 e. The Labute approximate surface area is 207 Å². The van der Waals surface area contributed by atoms with Gasteiger partial charge in [-0.15, -0.1) is 0 Å². The molecule has 0 radical (unpaired) electrons. The normalized spacial score (nSPS) is 10.7. The summed E-state index contributed by atoms with van der Waals surface area (Å²) in [5.74, 6) is 0.0376. The fourth-order valence-electron chi connectivity index (χ4n) is 2.98. The molecule has 7 nitrogen and oxygen atoms in total. The molecule has 3 aromatic rings. The number of esters is 1. The number of amides is 1. The molecule has 0 aliphatic heterocycles. The zero-order chi connectivity index (χ0) is 24.7. The van der Waals surface area contributed by atoms with E-state index in [0.29, 0.717) is 22.1 Å². The maximum absolute atomic E-state index is 12.4. The number of carbonyl (C=O) groups excluding carboxylic acids is 2. The van der Waals surface area contributed by atoms with Crippen molar-refractivity contribution in [3.8, 4) is 17.2 Å². The highest BCUT2D eigenvalue weighted by atomic mass is 35.5. The van der Waals surface area contributed by atoms with Crippen molar-refractivity contribution in [1.82, 2.24) is 5.43 Å². The van der Waals surface area contributed by atoms with Gasteiger partial charge in [0.1, 0.15) is 5.75 Å². The average molecular weight is 501 g/mol. The quantitative estimate of drug-likeness (QED) is 0.194. The van der Waals surface area contributed by atoms with E-state index in [2.05, 4.69) is 10.5 Å². The molecule has 34 heavy (non-hydrogen) atoms. The van der Waals surface area contributed by atoms with Gasteiger partial charge in [-0.05, 0) is 73.0 Å². The summed E-state index contributed by atoms with van der Waals surface area (Å²) in [7, 11) is 1.45. The summed E-state index contributed by atoms with van der Waals surface area (Å²) in [6.45, 7) is 3.52. The Morgan fingerprint density at radius 3 is 2.38 bits per heavy atom. The van der Waals surface area contributed by atoms with Crippen LogP contribution in [0.4, 0.5) is 0 Å².